The molecule has 3 aromatic rings. The number of benzene rings is 1. The number of carboxylic acid groups (broad SMARTS) is 2. The highest BCUT2D eigenvalue weighted by Gasteiger charge is 2.51. The summed E-state index contributed by atoms with van der Waals surface area (Å²) in [5.41, 5.74) is -1.98. The van der Waals surface area contributed by atoms with Crippen LogP contribution in [-0.2, 0) is 25.5 Å². The number of carboxylic acids is 2. The Morgan fingerprint density at radius 2 is 1.80 bits per heavy atom. The molecule has 40 heavy (non-hydrogen) atoms. The Kier molecular flexibility index (Phi) is 7.88. The minimum absolute atomic E-state index is 0.0730. The van der Waals surface area contributed by atoms with Crippen LogP contribution in [0.3, 0.4) is 0 Å². The second-order valence-electron chi connectivity index (χ2n) is 9.89. The normalized spacial score (nSPS) is 23.6. The molecule has 0 spiro atoms. The van der Waals surface area contributed by atoms with Crippen molar-refractivity contribution in [1.29, 1.82) is 0 Å². The number of aliphatic hydroxyl groups excluding tert-OH is 2. The van der Waals surface area contributed by atoms with Crippen molar-refractivity contribution in [2.75, 3.05) is 11.9 Å². The van der Waals surface area contributed by atoms with Crippen LogP contribution < -0.4 is 5.32 Å². The predicted octanol–water partition coefficient (Wildman–Crippen LogP) is 1.76. The van der Waals surface area contributed by atoms with Gasteiger partial charge in [0, 0.05) is 12.5 Å². The first kappa shape index (κ1) is 28.1. The van der Waals surface area contributed by atoms with Crippen LogP contribution in [0.1, 0.15) is 37.5 Å². The number of nitrogens with one attached hydrogen (secondary N) is 1. The molecule has 15 heteroatoms. The summed E-state index contributed by atoms with van der Waals surface area (Å²) >= 11 is 6.16. The zero-order chi connectivity index (χ0) is 28.6. The van der Waals surface area contributed by atoms with Crippen molar-refractivity contribution in [3.8, 4) is 0 Å². The zero-order valence-electron chi connectivity index (χ0n) is 21.0. The van der Waals surface area contributed by atoms with Gasteiger partial charge in [0.15, 0.2) is 23.2 Å². The third-order valence-corrected chi connectivity index (χ3v) is 7.42. The molecule has 5 rings (SSSR count). The van der Waals surface area contributed by atoms with Crippen LogP contribution in [-0.4, -0.2) is 88.4 Å². The summed E-state index contributed by atoms with van der Waals surface area (Å²) in [6.45, 7) is -0.703. The fourth-order valence-corrected chi connectivity index (χ4v) is 5.23. The van der Waals surface area contributed by atoms with Gasteiger partial charge >= 0.3 is 11.9 Å². The number of hydrogen-bond donors (Lipinski definition) is 5. The first-order valence-corrected chi connectivity index (χ1v) is 13.0. The lowest BCUT2D eigenvalue weighted by Gasteiger charge is -2.27. The maximum atomic E-state index is 13.3. The Hall–Kier alpha value is -3.43. The number of aromatic nitrogens is 4. The van der Waals surface area contributed by atoms with Crippen molar-refractivity contribution in [2.24, 2.45) is 0 Å². The number of carbonyl (C=O) groups is 2. The van der Waals surface area contributed by atoms with Crippen LogP contribution in [0.15, 0.2) is 30.6 Å². The van der Waals surface area contributed by atoms with E-state index in [9.17, 15) is 34.4 Å². The van der Waals surface area contributed by atoms with Crippen molar-refractivity contribution in [3.05, 3.63) is 47.3 Å². The average molecular weight is 580 g/mol. The molecule has 4 unspecified atom stereocenters. The molecule has 13 nitrogen and oxygen atoms in total. The molecule has 214 valence electrons. The van der Waals surface area contributed by atoms with Gasteiger partial charge in [0.25, 0.3) is 5.60 Å². The van der Waals surface area contributed by atoms with E-state index in [0.29, 0.717) is 11.3 Å². The lowest BCUT2D eigenvalue weighted by Crippen LogP contribution is -2.52. The van der Waals surface area contributed by atoms with Gasteiger partial charge in [0.2, 0.25) is 5.28 Å². The molecule has 0 amide bonds. The quantitative estimate of drug-likeness (QED) is 0.173. The Labute approximate surface area is 231 Å². The van der Waals surface area contributed by atoms with Gasteiger partial charge in [-0.2, -0.15) is 9.97 Å². The van der Waals surface area contributed by atoms with Crippen LogP contribution in [0.5, 0.6) is 0 Å². The van der Waals surface area contributed by atoms with E-state index in [2.05, 4.69) is 20.3 Å². The fourth-order valence-electron chi connectivity index (χ4n) is 5.07. The third kappa shape index (κ3) is 5.32. The van der Waals surface area contributed by atoms with Crippen LogP contribution in [0.2, 0.25) is 5.28 Å². The van der Waals surface area contributed by atoms with E-state index in [1.807, 2.05) is 0 Å². The standard InChI is InChI=1S/C25H27ClFN5O8/c26-24-30-19(29-14-3-1-2-4-14)16-20(31-24)32(11-28-16)21-18(34)17(33)15(40-21)10-39-25(22(35)36,23(37)38)9-12-5-7-13(27)8-6-12/h5-8,11,14-15,17-18,21,33-34H,1-4,9-10H2,(H,35,36)(H,37,38)(H,29,30,31). The van der Waals surface area contributed by atoms with Gasteiger partial charge in [-0.25, -0.2) is 19.0 Å². The van der Waals surface area contributed by atoms with Crippen LogP contribution in [0.4, 0.5) is 10.2 Å². The van der Waals surface area contributed by atoms with Gasteiger partial charge in [0.1, 0.15) is 24.1 Å². The first-order chi connectivity index (χ1) is 19.1. The smallest absolute Gasteiger partial charge is 0.348 e. The molecule has 0 radical (unpaired) electrons. The van der Waals surface area contributed by atoms with Crippen molar-refractivity contribution in [1.82, 2.24) is 19.5 Å². The topological polar surface area (TPSA) is 189 Å². The van der Waals surface area contributed by atoms with Gasteiger partial charge in [-0.1, -0.05) is 25.0 Å². The second kappa shape index (κ2) is 11.2. The van der Waals surface area contributed by atoms with E-state index in [1.54, 1.807) is 0 Å². The lowest BCUT2D eigenvalue weighted by molar-refractivity contribution is -0.190. The number of aliphatic hydroxyl groups is 2. The highest BCUT2D eigenvalue weighted by Crippen LogP contribution is 2.34. The summed E-state index contributed by atoms with van der Waals surface area (Å²) in [5, 5.41) is 44.3. The number of rotatable bonds is 10. The number of halogens is 2. The first-order valence-electron chi connectivity index (χ1n) is 12.6. The van der Waals surface area contributed by atoms with Crippen molar-refractivity contribution in [3.63, 3.8) is 0 Å². The Morgan fingerprint density at radius 3 is 2.45 bits per heavy atom. The summed E-state index contributed by atoms with van der Waals surface area (Å²) < 4.78 is 25.9. The lowest BCUT2D eigenvalue weighted by atomic mass is 9.94. The molecule has 1 aliphatic carbocycles. The third-order valence-electron chi connectivity index (χ3n) is 7.25. The fraction of sp³-hybridized carbons (Fsp3) is 0.480. The Bertz CT molecular complexity index is 1390. The monoisotopic (exact) mass is 579 g/mol. The van der Waals surface area contributed by atoms with Gasteiger partial charge in [-0.3, -0.25) is 4.57 Å². The Morgan fingerprint density at radius 1 is 1.12 bits per heavy atom. The summed E-state index contributed by atoms with van der Waals surface area (Å²) in [7, 11) is 0. The molecule has 0 bridgehead atoms. The van der Waals surface area contributed by atoms with E-state index in [4.69, 9.17) is 21.1 Å². The highest BCUT2D eigenvalue weighted by molar-refractivity contribution is 6.28. The van der Waals surface area contributed by atoms with Crippen molar-refractivity contribution < 1.29 is 43.9 Å². The number of anilines is 1. The van der Waals surface area contributed by atoms with E-state index >= 15 is 0 Å². The number of aliphatic carboxylic acids is 2. The van der Waals surface area contributed by atoms with Gasteiger partial charge < -0.3 is 35.2 Å². The number of fused-ring (bicyclic) bond motifs is 1. The molecule has 1 saturated heterocycles. The molecule has 1 aromatic carbocycles. The molecular formula is C25H27ClFN5O8. The maximum absolute atomic E-state index is 13.3. The molecule has 1 aliphatic heterocycles. The average Bonchev–Trinajstić information content (AvgIpc) is 3.64. The maximum Gasteiger partial charge on any atom is 0.348 e. The summed E-state index contributed by atoms with van der Waals surface area (Å²) in [6, 6.07) is 4.82. The van der Waals surface area contributed by atoms with E-state index in [-0.39, 0.29) is 22.5 Å². The minimum atomic E-state index is -2.77. The minimum Gasteiger partial charge on any atom is -0.479 e. The summed E-state index contributed by atoms with van der Waals surface area (Å²) in [5.74, 6) is -3.77. The van der Waals surface area contributed by atoms with Crippen molar-refractivity contribution in [2.45, 2.75) is 68.3 Å². The summed E-state index contributed by atoms with van der Waals surface area (Å²) in [6.07, 6.45) is -0.850. The molecule has 2 aliphatic rings. The van der Waals surface area contributed by atoms with Gasteiger partial charge in [0.05, 0.1) is 12.9 Å². The molecule has 2 aromatic heterocycles. The van der Waals surface area contributed by atoms with E-state index in [1.165, 1.54) is 23.0 Å². The number of ether oxygens (including phenoxy) is 2. The number of hydrogen-bond acceptors (Lipinski definition) is 10. The molecule has 4 atom stereocenters. The predicted molar refractivity (Wildman–Crippen MR) is 136 cm³/mol. The van der Waals surface area contributed by atoms with E-state index in [0.717, 1.165) is 37.8 Å². The van der Waals surface area contributed by atoms with Crippen LogP contribution in [0.25, 0.3) is 11.2 Å². The van der Waals surface area contributed by atoms with Crippen LogP contribution >= 0.6 is 11.6 Å². The number of nitrogens with zero attached hydrogens (tertiary/aromatic N) is 4. The Balaban J connectivity index is 1.36. The molecule has 5 N–H and O–H groups in total. The second-order valence-corrected chi connectivity index (χ2v) is 10.2. The van der Waals surface area contributed by atoms with Gasteiger partial charge in [-0.05, 0) is 42.1 Å². The van der Waals surface area contributed by atoms with Crippen molar-refractivity contribution >= 4 is 40.5 Å². The molecule has 1 saturated carbocycles. The van der Waals surface area contributed by atoms with E-state index < -0.39 is 60.9 Å². The number of imidazole rings is 1. The summed E-state index contributed by atoms with van der Waals surface area (Å²) in [4.78, 5) is 37.0. The van der Waals surface area contributed by atoms with Crippen LogP contribution in [0, 0.1) is 5.82 Å². The molecule has 2 fully saturated rings. The highest BCUT2D eigenvalue weighted by atomic mass is 35.5. The zero-order valence-corrected chi connectivity index (χ0v) is 21.7. The molecular weight excluding hydrogens is 553 g/mol. The van der Waals surface area contributed by atoms with Gasteiger partial charge in [-0.15, -0.1) is 0 Å². The SMILES string of the molecule is O=C(O)C(Cc1ccc(F)cc1)(OCC1OC(n2cnc3c(NC4CCCC4)nc(Cl)nc32)C(O)C1O)C(=O)O. The largest absolute Gasteiger partial charge is 0.479 e. The molecule has 3 heterocycles.